The molecule has 0 aliphatic heterocycles. The van der Waals surface area contributed by atoms with E-state index in [0.29, 0.717) is 19.8 Å². The molecule has 0 aliphatic carbocycles. The highest BCUT2D eigenvalue weighted by Gasteiger charge is 2.05. The number of hydrogen-bond donors (Lipinski definition) is 2. The molecule has 0 rings (SSSR count). The van der Waals surface area contributed by atoms with E-state index in [1.807, 2.05) is 0 Å². The van der Waals surface area contributed by atoms with Gasteiger partial charge in [-0.2, -0.15) is 0 Å². The van der Waals surface area contributed by atoms with Crippen LogP contribution in [0.3, 0.4) is 0 Å². The number of carboxylic acid groups (broad SMARTS) is 1. The van der Waals surface area contributed by atoms with E-state index in [0.717, 1.165) is 0 Å². The summed E-state index contributed by atoms with van der Waals surface area (Å²) in [7, 11) is 0. The van der Waals surface area contributed by atoms with Crippen LogP contribution in [0.2, 0.25) is 0 Å². The average molecular weight is 262 g/mol. The van der Waals surface area contributed by atoms with Gasteiger partial charge in [-0.25, -0.2) is 9.59 Å². The highest BCUT2D eigenvalue weighted by atomic mass is 16.7. The Morgan fingerprint density at radius 2 is 1.89 bits per heavy atom. The number of alkyl carbamates (subject to hydrolysis) is 1. The maximum absolute atomic E-state index is 10.7. The predicted molar refractivity (Wildman–Crippen MR) is 58.2 cm³/mol. The largest absolute Gasteiger partial charge is 0.514 e. The van der Waals surface area contributed by atoms with Crippen molar-refractivity contribution >= 4 is 12.2 Å². The number of carbonyl (C=O) groups is 2. The van der Waals surface area contributed by atoms with E-state index in [1.54, 1.807) is 0 Å². The number of carbonyl (C=O) groups excluding carboxylic acids is 1. The normalized spacial score (nSPS) is 9.33. The Labute approximate surface area is 102 Å². The average Bonchev–Trinajstić information content (AvgIpc) is 2.30. The minimum Gasteiger partial charge on any atom is -0.449 e. The first-order valence-corrected chi connectivity index (χ1v) is 5.01. The van der Waals surface area contributed by atoms with E-state index in [2.05, 4.69) is 20.1 Å². The number of nitrogens with zero attached hydrogens (tertiary/aromatic N) is 3. The third kappa shape index (κ3) is 12.0. The number of amides is 1. The van der Waals surface area contributed by atoms with Gasteiger partial charge in [-0.15, -0.1) is 0 Å². The number of rotatable bonds is 9. The molecule has 18 heavy (non-hydrogen) atoms. The standard InChI is InChI=1S/C8H14N4O6/c9-12-11-2-4-17-6-5-16-3-1-10-7(13)18-8(14)15/h1-6H2,(H,10,13)(H,14,15). The summed E-state index contributed by atoms with van der Waals surface area (Å²) in [4.78, 5) is 23.1. The highest BCUT2D eigenvalue weighted by molar-refractivity contribution is 5.79. The van der Waals surface area contributed by atoms with Gasteiger partial charge in [0.1, 0.15) is 0 Å². The van der Waals surface area contributed by atoms with Gasteiger partial charge in [0.25, 0.3) is 0 Å². The topological polar surface area (TPSA) is 143 Å². The van der Waals surface area contributed by atoms with E-state index in [-0.39, 0.29) is 19.7 Å². The first kappa shape index (κ1) is 16.0. The number of hydrogen-bond acceptors (Lipinski definition) is 6. The molecule has 0 radical (unpaired) electrons. The van der Waals surface area contributed by atoms with Gasteiger partial charge < -0.3 is 24.6 Å². The molecule has 0 aromatic carbocycles. The summed E-state index contributed by atoms with van der Waals surface area (Å²) in [5, 5.41) is 13.5. The molecule has 0 unspecified atom stereocenters. The fraction of sp³-hybridized carbons (Fsp3) is 0.750. The van der Waals surface area contributed by atoms with Gasteiger partial charge in [0.15, 0.2) is 0 Å². The summed E-state index contributed by atoms with van der Waals surface area (Å²) in [6.45, 7) is 1.56. The van der Waals surface area contributed by atoms with Gasteiger partial charge in [-0.05, 0) is 5.53 Å². The lowest BCUT2D eigenvalue weighted by Gasteiger charge is -2.05. The summed E-state index contributed by atoms with van der Waals surface area (Å²) < 4.78 is 13.9. The van der Waals surface area contributed by atoms with E-state index in [4.69, 9.17) is 20.1 Å². The molecular weight excluding hydrogens is 248 g/mol. The molecule has 0 spiro atoms. The molecule has 10 heteroatoms. The lowest BCUT2D eigenvalue weighted by atomic mass is 10.6. The zero-order valence-corrected chi connectivity index (χ0v) is 9.57. The number of ether oxygens (including phenoxy) is 3. The van der Waals surface area contributed by atoms with Crippen LogP contribution in [0.15, 0.2) is 5.11 Å². The van der Waals surface area contributed by atoms with Crippen LogP contribution in [-0.2, 0) is 14.2 Å². The molecule has 102 valence electrons. The zero-order chi connectivity index (χ0) is 13.6. The smallest absolute Gasteiger partial charge is 0.449 e. The second-order valence-electron chi connectivity index (χ2n) is 2.76. The van der Waals surface area contributed by atoms with Crippen LogP contribution in [0.5, 0.6) is 0 Å². The van der Waals surface area contributed by atoms with Crippen molar-refractivity contribution in [2.24, 2.45) is 5.11 Å². The fourth-order valence-electron chi connectivity index (χ4n) is 0.813. The predicted octanol–water partition coefficient (Wildman–Crippen LogP) is 0.734. The first-order chi connectivity index (χ1) is 8.66. The molecule has 0 aromatic heterocycles. The summed E-state index contributed by atoms with van der Waals surface area (Å²) in [6.07, 6.45) is -2.71. The molecule has 1 amide bonds. The van der Waals surface area contributed by atoms with Crippen molar-refractivity contribution in [1.82, 2.24) is 5.32 Å². The van der Waals surface area contributed by atoms with Gasteiger partial charge in [-0.1, -0.05) is 5.11 Å². The maximum Gasteiger partial charge on any atom is 0.514 e. The van der Waals surface area contributed by atoms with Gasteiger partial charge in [0.2, 0.25) is 0 Å². The van der Waals surface area contributed by atoms with Crippen molar-refractivity contribution in [2.75, 3.05) is 39.5 Å². The van der Waals surface area contributed by atoms with Crippen LogP contribution in [0.1, 0.15) is 0 Å². The molecule has 10 nitrogen and oxygen atoms in total. The zero-order valence-electron chi connectivity index (χ0n) is 9.57. The summed E-state index contributed by atoms with van der Waals surface area (Å²) in [6, 6.07) is 0. The maximum atomic E-state index is 10.7. The Morgan fingerprint density at radius 1 is 1.22 bits per heavy atom. The van der Waals surface area contributed by atoms with Crippen molar-refractivity contribution < 1.29 is 28.9 Å². The molecule has 2 N–H and O–H groups in total. The quantitative estimate of drug-likeness (QED) is 0.156. The molecule has 0 aliphatic rings. The molecule has 0 aromatic rings. The molecule has 0 saturated heterocycles. The Hall–Kier alpha value is -2.03. The summed E-state index contributed by atoms with van der Waals surface area (Å²) in [5.41, 5.74) is 7.96. The third-order valence-corrected chi connectivity index (χ3v) is 1.47. The van der Waals surface area contributed by atoms with Gasteiger partial charge in [-0.3, -0.25) is 0 Å². The van der Waals surface area contributed by atoms with Gasteiger partial charge in [0, 0.05) is 18.0 Å². The van der Waals surface area contributed by atoms with Crippen LogP contribution in [0.25, 0.3) is 10.4 Å². The Balaban J connectivity index is 3.18. The van der Waals surface area contributed by atoms with Crippen molar-refractivity contribution in [3.8, 4) is 0 Å². The minimum absolute atomic E-state index is 0.130. The van der Waals surface area contributed by atoms with Crippen molar-refractivity contribution in [3.63, 3.8) is 0 Å². The lowest BCUT2D eigenvalue weighted by molar-refractivity contribution is 0.0513. The Kier molecular flexibility index (Phi) is 10.2. The minimum atomic E-state index is -1.66. The summed E-state index contributed by atoms with van der Waals surface area (Å²) >= 11 is 0. The molecule has 0 bridgehead atoms. The van der Waals surface area contributed by atoms with Crippen LogP contribution in [0.4, 0.5) is 9.59 Å². The van der Waals surface area contributed by atoms with Gasteiger partial charge >= 0.3 is 12.2 Å². The van der Waals surface area contributed by atoms with Gasteiger partial charge in [0.05, 0.1) is 26.4 Å². The second kappa shape index (κ2) is 11.5. The van der Waals surface area contributed by atoms with E-state index >= 15 is 0 Å². The lowest BCUT2D eigenvalue weighted by Crippen LogP contribution is -2.29. The molecule has 0 heterocycles. The van der Waals surface area contributed by atoms with Crippen LogP contribution in [0, 0.1) is 0 Å². The summed E-state index contributed by atoms with van der Waals surface area (Å²) in [5.74, 6) is 0. The van der Waals surface area contributed by atoms with Crippen molar-refractivity contribution in [3.05, 3.63) is 10.4 Å². The van der Waals surface area contributed by atoms with E-state index in [9.17, 15) is 9.59 Å². The fourth-order valence-corrected chi connectivity index (χ4v) is 0.813. The molecule has 0 atom stereocenters. The first-order valence-electron chi connectivity index (χ1n) is 5.01. The van der Waals surface area contributed by atoms with Crippen molar-refractivity contribution in [2.45, 2.75) is 0 Å². The monoisotopic (exact) mass is 262 g/mol. The SMILES string of the molecule is [N-]=[N+]=NCCOCCOCCNC(=O)OC(=O)O. The van der Waals surface area contributed by atoms with E-state index in [1.165, 1.54) is 0 Å². The Morgan fingerprint density at radius 3 is 2.50 bits per heavy atom. The number of azide groups is 1. The van der Waals surface area contributed by atoms with E-state index < -0.39 is 12.2 Å². The molecule has 0 saturated carbocycles. The third-order valence-electron chi connectivity index (χ3n) is 1.47. The highest BCUT2D eigenvalue weighted by Crippen LogP contribution is 1.81. The van der Waals surface area contributed by atoms with Crippen LogP contribution < -0.4 is 5.32 Å². The van der Waals surface area contributed by atoms with Crippen LogP contribution in [-0.4, -0.2) is 56.9 Å². The number of nitrogens with one attached hydrogen (secondary N) is 1. The second-order valence-corrected chi connectivity index (χ2v) is 2.76. The van der Waals surface area contributed by atoms with Crippen molar-refractivity contribution in [1.29, 1.82) is 0 Å². The molecular formula is C8H14N4O6. The van der Waals surface area contributed by atoms with Crippen LogP contribution >= 0.6 is 0 Å². The Bertz CT molecular complexity index is 304. The molecule has 0 fully saturated rings.